The fourth-order valence-corrected chi connectivity index (χ4v) is 2.47. The van der Waals surface area contributed by atoms with Crippen LogP contribution in [0.4, 0.5) is 0 Å². The molecule has 0 spiro atoms. The Morgan fingerprint density at radius 2 is 1.75 bits per heavy atom. The number of quaternary nitrogens is 2. The maximum atomic E-state index is 4.06. The van der Waals surface area contributed by atoms with Gasteiger partial charge in [-0.2, -0.15) is 0 Å². The van der Waals surface area contributed by atoms with Gasteiger partial charge < -0.3 is 9.80 Å². The number of hydrogen-bond acceptors (Lipinski definition) is 1. The van der Waals surface area contributed by atoms with Crippen molar-refractivity contribution in [3.63, 3.8) is 0 Å². The van der Waals surface area contributed by atoms with Crippen LogP contribution in [0.3, 0.4) is 0 Å². The van der Waals surface area contributed by atoms with Crippen molar-refractivity contribution in [1.82, 2.24) is 4.98 Å². The van der Waals surface area contributed by atoms with Crippen LogP contribution in [0.2, 0.25) is 0 Å². The summed E-state index contributed by atoms with van der Waals surface area (Å²) in [5.41, 5.74) is 1.41. The number of nitrogens with zero attached hydrogens (tertiary/aromatic N) is 1. The van der Waals surface area contributed by atoms with Gasteiger partial charge in [-0.1, -0.05) is 0 Å². The zero-order chi connectivity index (χ0) is 11.4. The predicted octanol–water partition coefficient (Wildman–Crippen LogP) is -1.23. The second-order valence-corrected chi connectivity index (χ2v) is 5.10. The first-order valence-electron chi connectivity index (χ1n) is 6.33. The van der Waals surface area contributed by atoms with E-state index in [9.17, 15) is 0 Å². The minimum absolute atomic E-state index is 0.780. The Morgan fingerprint density at radius 1 is 1.12 bits per heavy atom. The van der Waals surface area contributed by atoms with Gasteiger partial charge in [0.05, 0.1) is 6.04 Å². The van der Waals surface area contributed by atoms with Gasteiger partial charge in [-0.3, -0.25) is 4.98 Å². The molecule has 2 heterocycles. The standard InChI is InChI=1S/C13H21N3/c1-12(2)16-9-7-15(8-10-16)11-13-3-5-14-6-4-13/h3-6,12H,7-11H2,1-2H3/p+2. The summed E-state index contributed by atoms with van der Waals surface area (Å²) in [6.07, 6.45) is 3.79. The van der Waals surface area contributed by atoms with Crippen molar-refractivity contribution in [2.75, 3.05) is 26.2 Å². The molecule has 0 amide bonds. The molecule has 88 valence electrons. The van der Waals surface area contributed by atoms with Gasteiger partial charge in [-0.25, -0.2) is 0 Å². The lowest BCUT2D eigenvalue weighted by Gasteiger charge is -2.31. The van der Waals surface area contributed by atoms with Gasteiger partial charge in [-0.15, -0.1) is 0 Å². The molecule has 1 aliphatic rings. The Bertz CT molecular complexity index is 302. The normalized spacial score (nSPS) is 25.9. The third-order valence-electron chi connectivity index (χ3n) is 3.62. The Balaban J connectivity index is 1.82. The quantitative estimate of drug-likeness (QED) is 0.656. The molecule has 0 aromatic carbocycles. The number of rotatable bonds is 3. The van der Waals surface area contributed by atoms with E-state index in [1.807, 2.05) is 12.4 Å². The molecule has 0 unspecified atom stereocenters. The van der Waals surface area contributed by atoms with E-state index in [0.717, 1.165) is 12.6 Å². The average molecular weight is 221 g/mol. The van der Waals surface area contributed by atoms with Gasteiger partial charge in [0.25, 0.3) is 0 Å². The van der Waals surface area contributed by atoms with Crippen LogP contribution < -0.4 is 9.80 Å². The summed E-state index contributed by atoms with van der Waals surface area (Å²) >= 11 is 0. The number of piperazine rings is 1. The molecule has 1 saturated heterocycles. The van der Waals surface area contributed by atoms with Crippen LogP contribution in [-0.2, 0) is 6.54 Å². The first-order chi connectivity index (χ1) is 7.75. The molecule has 0 atom stereocenters. The van der Waals surface area contributed by atoms with E-state index in [-0.39, 0.29) is 0 Å². The highest BCUT2D eigenvalue weighted by atomic mass is 15.3. The lowest BCUT2D eigenvalue weighted by atomic mass is 10.2. The first kappa shape index (κ1) is 11.6. The Hall–Kier alpha value is -0.930. The van der Waals surface area contributed by atoms with E-state index in [1.165, 1.54) is 31.7 Å². The lowest BCUT2D eigenvalue weighted by molar-refractivity contribution is -1.03. The van der Waals surface area contributed by atoms with Gasteiger partial charge in [-0.05, 0) is 26.0 Å². The number of nitrogens with one attached hydrogen (secondary N) is 2. The molecular formula is C13H23N3+2. The van der Waals surface area contributed by atoms with Crippen molar-refractivity contribution in [3.05, 3.63) is 30.1 Å². The molecule has 1 aromatic rings. The van der Waals surface area contributed by atoms with Crippen LogP contribution in [0.15, 0.2) is 24.5 Å². The molecule has 3 nitrogen and oxygen atoms in total. The highest BCUT2D eigenvalue weighted by Gasteiger charge is 2.24. The minimum Gasteiger partial charge on any atom is -0.324 e. The first-order valence-corrected chi connectivity index (χ1v) is 6.33. The number of pyridine rings is 1. The van der Waals surface area contributed by atoms with E-state index >= 15 is 0 Å². The highest BCUT2D eigenvalue weighted by Crippen LogP contribution is 1.92. The fourth-order valence-electron chi connectivity index (χ4n) is 2.47. The van der Waals surface area contributed by atoms with E-state index < -0.39 is 0 Å². The molecule has 2 rings (SSSR count). The number of aromatic nitrogens is 1. The van der Waals surface area contributed by atoms with Crippen molar-refractivity contribution < 1.29 is 9.80 Å². The Morgan fingerprint density at radius 3 is 2.31 bits per heavy atom. The SMILES string of the molecule is CC(C)[NH+]1CC[NH+](Cc2ccncc2)CC1. The summed E-state index contributed by atoms with van der Waals surface area (Å²) in [5, 5.41) is 0. The fraction of sp³-hybridized carbons (Fsp3) is 0.615. The van der Waals surface area contributed by atoms with Gasteiger partial charge >= 0.3 is 0 Å². The maximum Gasteiger partial charge on any atom is 0.127 e. The van der Waals surface area contributed by atoms with Gasteiger partial charge in [0, 0.05) is 18.0 Å². The van der Waals surface area contributed by atoms with Gasteiger partial charge in [0.1, 0.15) is 32.7 Å². The highest BCUT2D eigenvalue weighted by molar-refractivity contribution is 5.07. The summed E-state index contributed by atoms with van der Waals surface area (Å²) in [6.45, 7) is 11.0. The van der Waals surface area contributed by atoms with E-state index in [0.29, 0.717) is 0 Å². The molecule has 1 fully saturated rings. The molecule has 1 aliphatic heterocycles. The molecule has 1 aromatic heterocycles. The minimum atomic E-state index is 0.780. The van der Waals surface area contributed by atoms with Crippen LogP contribution >= 0.6 is 0 Å². The largest absolute Gasteiger partial charge is 0.324 e. The maximum absolute atomic E-state index is 4.06. The van der Waals surface area contributed by atoms with Crippen molar-refractivity contribution in [2.24, 2.45) is 0 Å². The van der Waals surface area contributed by atoms with Crippen molar-refractivity contribution >= 4 is 0 Å². The third kappa shape index (κ3) is 3.03. The molecule has 0 radical (unpaired) electrons. The van der Waals surface area contributed by atoms with Crippen molar-refractivity contribution in [3.8, 4) is 0 Å². The summed E-state index contributed by atoms with van der Waals surface area (Å²) in [4.78, 5) is 7.54. The van der Waals surface area contributed by atoms with Crippen LogP contribution in [-0.4, -0.2) is 37.2 Å². The van der Waals surface area contributed by atoms with Crippen LogP contribution in [0.25, 0.3) is 0 Å². The molecule has 2 N–H and O–H groups in total. The average Bonchev–Trinajstić information content (AvgIpc) is 2.31. The van der Waals surface area contributed by atoms with Crippen LogP contribution in [0.1, 0.15) is 19.4 Å². The van der Waals surface area contributed by atoms with E-state index in [2.05, 4.69) is 31.0 Å². The second kappa shape index (κ2) is 5.41. The van der Waals surface area contributed by atoms with Crippen LogP contribution in [0, 0.1) is 0 Å². The molecule has 3 heteroatoms. The Kier molecular flexibility index (Phi) is 3.91. The van der Waals surface area contributed by atoms with Crippen molar-refractivity contribution in [2.45, 2.75) is 26.4 Å². The smallest absolute Gasteiger partial charge is 0.127 e. The third-order valence-corrected chi connectivity index (χ3v) is 3.62. The summed E-state index contributed by atoms with van der Waals surface area (Å²) in [7, 11) is 0. The van der Waals surface area contributed by atoms with Gasteiger partial charge in [0.2, 0.25) is 0 Å². The molecule has 0 aliphatic carbocycles. The van der Waals surface area contributed by atoms with Gasteiger partial charge in [0.15, 0.2) is 0 Å². The predicted molar refractivity (Wildman–Crippen MR) is 64.5 cm³/mol. The molecule has 0 bridgehead atoms. The summed E-state index contributed by atoms with van der Waals surface area (Å²) < 4.78 is 0. The van der Waals surface area contributed by atoms with Crippen molar-refractivity contribution in [1.29, 1.82) is 0 Å². The topological polar surface area (TPSA) is 21.8 Å². The van der Waals surface area contributed by atoms with Crippen LogP contribution in [0.5, 0.6) is 0 Å². The monoisotopic (exact) mass is 221 g/mol. The zero-order valence-corrected chi connectivity index (χ0v) is 10.4. The Labute approximate surface area is 98.1 Å². The lowest BCUT2D eigenvalue weighted by Crippen LogP contribution is -3.28. The zero-order valence-electron chi connectivity index (χ0n) is 10.4. The van der Waals surface area contributed by atoms with E-state index in [4.69, 9.17) is 0 Å². The second-order valence-electron chi connectivity index (χ2n) is 5.10. The summed E-state index contributed by atoms with van der Waals surface area (Å²) in [5.74, 6) is 0. The summed E-state index contributed by atoms with van der Waals surface area (Å²) in [6, 6.07) is 5.05. The molecule has 16 heavy (non-hydrogen) atoms. The number of hydrogen-bond donors (Lipinski definition) is 2. The van der Waals surface area contributed by atoms with E-state index in [1.54, 1.807) is 9.80 Å². The molecule has 0 saturated carbocycles. The molecular weight excluding hydrogens is 198 g/mol.